The second-order valence-electron chi connectivity index (χ2n) is 5.76. The van der Waals surface area contributed by atoms with Crippen molar-refractivity contribution in [3.8, 4) is 11.5 Å². The van der Waals surface area contributed by atoms with Gasteiger partial charge in [0, 0.05) is 0 Å². The molecule has 27 heavy (non-hydrogen) atoms. The van der Waals surface area contributed by atoms with E-state index < -0.39 is 22.0 Å². The third-order valence-corrected chi connectivity index (χ3v) is 5.03. The first-order valence-corrected chi connectivity index (χ1v) is 10.1. The maximum atomic E-state index is 12.2. The van der Waals surface area contributed by atoms with Crippen LogP contribution < -0.4 is 19.7 Å². The van der Waals surface area contributed by atoms with Crippen LogP contribution in [-0.2, 0) is 21.2 Å². The molecule has 2 rings (SSSR count). The van der Waals surface area contributed by atoms with E-state index in [2.05, 4.69) is 10.3 Å². The van der Waals surface area contributed by atoms with Gasteiger partial charge in [-0.3, -0.25) is 10.2 Å². The highest BCUT2D eigenvalue weighted by atomic mass is 32.2. The first-order chi connectivity index (χ1) is 12.9. The van der Waals surface area contributed by atoms with Crippen LogP contribution >= 0.6 is 0 Å². The zero-order valence-electron chi connectivity index (χ0n) is 15.6. The summed E-state index contributed by atoms with van der Waals surface area (Å²) in [6, 6.07) is 13.3. The number of ether oxygens (including phenoxy) is 2. The Kier molecular flexibility index (Phi) is 7.20. The van der Waals surface area contributed by atoms with Gasteiger partial charge in [-0.1, -0.05) is 19.1 Å². The summed E-state index contributed by atoms with van der Waals surface area (Å²) in [5, 5.41) is 0. The molecule has 2 aromatic rings. The summed E-state index contributed by atoms with van der Waals surface area (Å²) in [5.74, 6) is 0.556. The van der Waals surface area contributed by atoms with E-state index in [-0.39, 0.29) is 4.90 Å². The van der Waals surface area contributed by atoms with Gasteiger partial charge in [0.05, 0.1) is 11.5 Å². The van der Waals surface area contributed by atoms with Gasteiger partial charge in [-0.15, -0.1) is 4.83 Å². The molecule has 0 aliphatic carbocycles. The number of carbonyl (C=O) groups excluding carboxylic acids is 1. The Balaban J connectivity index is 1.91. The van der Waals surface area contributed by atoms with E-state index in [4.69, 9.17) is 9.47 Å². The monoisotopic (exact) mass is 392 g/mol. The molecular formula is C19H24N2O5S. The molecule has 0 aliphatic heterocycles. The molecule has 8 heteroatoms. The van der Waals surface area contributed by atoms with Gasteiger partial charge < -0.3 is 9.47 Å². The number of benzene rings is 2. The van der Waals surface area contributed by atoms with E-state index in [1.807, 2.05) is 13.8 Å². The molecular weight excluding hydrogens is 368 g/mol. The topological polar surface area (TPSA) is 93.7 Å². The fourth-order valence-corrected chi connectivity index (χ4v) is 3.07. The first kappa shape index (κ1) is 20.7. The second-order valence-corrected chi connectivity index (χ2v) is 7.44. The van der Waals surface area contributed by atoms with Crippen molar-refractivity contribution < 1.29 is 22.7 Å². The predicted octanol–water partition coefficient (Wildman–Crippen LogP) is 2.42. The molecule has 0 radical (unpaired) electrons. The molecule has 0 heterocycles. The van der Waals surface area contributed by atoms with Gasteiger partial charge in [-0.25, -0.2) is 8.42 Å². The minimum atomic E-state index is -3.85. The van der Waals surface area contributed by atoms with E-state index in [9.17, 15) is 13.2 Å². The third-order valence-electron chi connectivity index (χ3n) is 3.77. The zero-order chi connectivity index (χ0) is 19.9. The molecule has 0 aromatic heterocycles. The number of hydrogen-bond acceptors (Lipinski definition) is 5. The first-order valence-electron chi connectivity index (χ1n) is 8.65. The number of sulfonamides is 1. The normalized spacial score (nSPS) is 12.3. The van der Waals surface area contributed by atoms with Crippen LogP contribution in [-0.4, -0.2) is 27.0 Å². The predicted molar refractivity (Wildman–Crippen MR) is 102 cm³/mol. The van der Waals surface area contributed by atoms with Gasteiger partial charge in [0.15, 0.2) is 6.10 Å². The van der Waals surface area contributed by atoms with Crippen molar-refractivity contribution in [1.82, 2.24) is 10.3 Å². The molecule has 1 amide bonds. The highest BCUT2D eigenvalue weighted by molar-refractivity contribution is 7.89. The highest BCUT2D eigenvalue weighted by Crippen LogP contribution is 2.18. The lowest BCUT2D eigenvalue weighted by molar-refractivity contribution is -0.127. The van der Waals surface area contributed by atoms with Gasteiger partial charge in [0.1, 0.15) is 11.5 Å². The summed E-state index contributed by atoms with van der Waals surface area (Å²) < 4.78 is 35.3. The largest absolute Gasteiger partial charge is 0.494 e. The molecule has 0 saturated carbocycles. The van der Waals surface area contributed by atoms with Crippen LogP contribution in [0.25, 0.3) is 0 Å². The number of rotatable bonds is 9. The standard InChI is InChI=1S/C19H24N2O5S/c1-4-15-6-12-18(13-7-15)27(23,24)21-20-19(22)14(3)26-17-10-8-16(9-11-17)25-5-2/h6-14,21H,4-5H2,1-3H3,(H,20,22)/t14-/m1/s1. The zero-order valence-corrected chi connectivity index (χ0v) is 16.4. The quantitative estimate of drug-likeness (QED) is 0.639. The summed E-state index contributed by atoms with van der Waals surface area (Å²) in [5.41, 5.74) is 3.20. The number of aryl methyl sites for hydroxylation is 1. The molecule has 0 bridgehead atoms. The molecule has 146 valence electrons. The summed E-state index contributed by atoms with van der Waals surface area (Å²) in [6.45, 7) is 5.94. The lowest BCUT2D eigenvalue weighted by Crippen LogP contribution is -2.47. The fraction of sp³-hybridized carbons (Fsp3) is 0.316. The molecule has 0 unspecified atom stereocenters. The van der Waals surface area contributed by atoms with Gasteiger partial charge in [-0.05, 0) is 62.2 Å². The maximum Gasteiger partial charge on any atom is 0.275 e. The molecule has 2 N–H and O–H groups in total. The van der Waals surface area contributed by atoms with Gasteiger partial charge in [0.2, 0.25) is 0 Å². The van der Waals surface area contributed by atoms with Crippen LogP contribution in [0.5, 0.6) is 11.5 Å². The average molecular weight is 392 g/mol. The van der Waals surface area contributed by atoms with E-state index in [0.717, 1.165) is 12.0 Å². The van der Waals surface area contributed by atoms with E-state index in [1.165, 1.54) is 19.1 Å². The molecule has 0 aliphatic rings. The van der Waals surface area contributed by atoms with Crippen molar-refractivity contribution in [2.24, 2.45) is 0 Å². The maximum absolute atomic E-state index is 12.2. The van der Waals surface area contributed by atoms with E-state index in [1.54, 1.807) is 36.4 Å². The molecule has 0 spiro atoms. The van der Waals surface area contributed by atoms with Crippen molar-refractivity contribution in [2.75, 3.05) is 6.61 Å². The molecule has 2 aromatic carbocycles. The minimum Gasteiger partial charge on any atom is -0.494 e. The Morgan fingerprint density at radius 1 is 1.00 bits per heavy atom. The summed E-state index contributed by atoms with van der Waals surface area (Å²) in [7, 11) is -3.85. The SMILES string of the molecule is CCOc1ccc(O[C@H](C)C(=O)NNS(=O)(=O)c2ccc(CC)cc2)cc1. The van der Waals surface area contributed by atoms with Crippen LogP contribution in [0.4, 0.5) is 0 Å². The van der Waals surface area contributed by atoms with Crippen molar-refractivity contribution >= 4 is 15.9 Å². The lowest BCUT2D eigenvalue weighted by Gasteiger charge is -2.15. The fourth-order valence-electron chi connectivity index (χ4n) is 2.22. The van der Waals surface area contributed by atoms with Crippen molar-refractivity contribution in [3.05, 3.63) is 54.1 Å². The molecule has 0 saturated heterocycles. The van der Waals surface area contributed by atoms with Gasteiger partial charge >= 0.3 is 0 Å². The number of carbonyl (C=O) groups is 1. The third kappa shape index (κ3) is 5.97. The minimum absolute atomic E-state index is 0.0695. The lowest BCUT2D eigenvalue weighted by atomic mass is 10.2. The van der Waals surface area contributed by atoms with Gasteiger partial charge in [0.25, 0.3) is 15.9 Å². The Morgan fingerprint density at radius 3 is 2.15 bits per heavy atom. The summed E-state index contributed by atoms with van der Waals surface area (Å²) in [6.07, 6.45) is -0.0849. The highest BCUT2D eigenvalue weighted by Gasteiger charge is 2.19. The van der Waals surface area contributed by atoms with Crippen LogP contribution in [0.2, 0.25) is 0 Å². The van der Waals surface area contributed by atoms with E-state index in [0.29, 0.717) is 18.1 Å². The Labute approximate surface area is 159 Å². The van der Waals surface area contributed by atoms with Gasteiger partial charge in [-0.2, -0.15) is 0 Å². The Hall–Kier alpha value is -2.58. The Morgan fingerprint density at radius 2 is 1.59 bits per heavy atom. The van der Waals surface area contributed by atoms with Crippen LogP contribution in [0.1, 0.15) is 26.3 Å². The number of amides is 1. The van der Waals surface area contributed by atoms with E-state index >= 15 is 0 Å². The average Bonchev–Trinajstić information content (AvgIpc) is 2.68. The van der Waals surface area contributed by atoms with Crippen molar-refractivity contribution in [3.63, 3.8) is 0 Å². The molecule has 0 fully saturated rings. The molecule has 1 atom stereocenters. The second kappa shape index (κ2) is 9.38. The summed E-state index contributed by atoms with van der Waals surface area (Å²) in [4.78, 5) is 14.3. The number of hydrazine groups is 1. The molecule has 7 nitrogen and oxygen atoms in total. The Bertz CT molecular complexity index is 849. The van der Waals surface area contributed by atoms with Crippen molar-refractivity contribution in [1.29, 1.82) is 0 Å². The van der Waals surface area contributed by atoms with Crippen molar-refractivity contribution in [2.45, 2.75) is 38.2 Å². The summed E-state index contributed by atoms with van der Waals surface area (Å²) >= 11 is 0. The number of nitrogens with one attached hydrogen (secondary N) is 2. The van der Waals surface area contributed by atoms with Crippen LogP contribution in [0.3, 0.4) is 0 Å². The van der Waals surface area contributed by atoms with Crippen LogP contribution in [0.15, 0.2) is 53.4 Å². The number of hydrogen-bond donors (Lipinski definition) is 2. The van der Waals surface area contributed by atoms with Crippen LogP contribution in [0, 0.1) is 0 Å². The smallest absolute Gasteiger partial charge is 0.275 e.